The molecule has 21 heavy (non-hydrogen) atoms. The molecule has 2 aliphatic rings. The van der Waals surface area contributed by atoms with Crippen LogP contribution in [-0.4, -0.2) is 23.3 Å². The van der Waals surface area contributed by atoms with E-state index < -0.39 is 5.60 Å². The topological polar surface area (TPSA) is 61.4 Å². The third-order valence-electron chi connectivity index (χ3n) is 4.77. The molecule has 0 unspecified atom stereocenters. The van der Waals surface area contributed by atoms with Gasteiger partial charge >= 0.3 is 6.03 Å². The van der Waals surface area contributed by atoms with Gasteiger partial charge in [-0.05, 0) is 56.1 Å². The quantitative estimate of drug-likeness (QED) is 0.780. The smallest absolute Gasteiger partial charge is 0.315 e. The summed E-state index contributed by atoms with van der Waals surface area (Å²) in [5.41, 5.74) is 1.75. The molecule has 0 radical (unpaired) electrons. The fourth-order valence-corrected chi connectivity index (χ4v) is 3.01. The molecule has 0 aliphatic heterocycles. The Morgan fingerprint density at radius 3 is 2.67 bits per heavy atom. The molecular weight excluding hydrogens is 264 g/mol. The summed E-state index contributed by atoms with van der Waals surface area (Å²) < 4.78 is 0. The summed E-state index contributed by atoms with van der Waals surface area (Å²) >= 11 is 0. The number of carbonyl (C=O) groups excluding carboxylic acids is 1. The van der Waals surface area contributed by atoms with E-state index in [9.17, 15) is 9.90 Å². The molecule has 0 aromatic heterocycles. The second-order valence-electron chi connectivity index (χ2n) is 6.58. The molecule has 2 saturated carbocycles. The predicted octanol–water partition coefficient (Wildman–Crippen LogP) is 2.66. The number of aliphatic hydroxyl groups is 1. The van der Waals surface area contributed by atoms with Gasteiger partial charge in [-0.15, -0.1) is 0 Å². The van der Waals surface area contributed by atoms with E-state index in [0.717, 1.165) is 19.3 Å². The van der Waals surface area contributed by atoms with E-state index in [2.05, 4.69) is 29.7 Å². The highest BCUT2D eigenvalue weighted by Gasteiger charge is 2.36. The molecule has 0 spiro atoms. The van der Waals surface area contributed by atoms with E-state index in [0.29, 0.717) is 12.5 Å². The maximum atomic E-state index is 12.1. The van der Waals surface area contributed by atoms with Crippen molar-refractivity contribution in [2.45, 2.75) is 50.7 Å². The number of rotatable bonds is 5. The first-order valence-electron chi connectivity index (χ1n) is 7.90. The summed E-state index contributed by atoms with van der Waals surface area (Å²) in [4.78, 5) is 12.1. The number of aryl methyl sites for hydroxylation is 1. The molecule has 0 saturated heterocycles. The van der Waals surface area contributed by atoms with Gasteiger partial charge in [0, 0.05) is 6.54 Å². The van der Waals surface area contributed by atoms with Gasteiger partial charge in [-0.25, -0.2) is 4.79 Å². The molecule has 0 heterocycles. The van der Waals surface area contributed by atoms with Crippen LogP contribution in [0.15, 0.2) is 24.3 Å². The van der Waals surface area contributed by atoms with Crippen molar-refractivity contribution in [3.63, 3.8) is 0 Å². The number of hydrogen-bond acceptors (Lipinski definition) is 2. The van der Waals surface area contributed by atoms with Crippen LogP contribution in [0.1, 0.15) is 49.3 Å². The van der Waals surface area contributed by atoms with Gasteiger partial charge < -0.3 is 15.7 Å². The van der Waals surface area contributed by atoms with Crippen molar-refractivity contribution in [3.05, 3.63) is 35.4 Å². The molecule has 1 aromatic carbocycles. The van der Waals surface area contributed by atoms with Crippen LogP contribution in [0.4, 0.5) is 4.79 Å². The Labute approximate surface area is 125 Å². The predicted molar refractivity (Wildman–Crippen MR) is 82.0 cm³/mol. The second-order valence-corrected chi connectivity index (χ2v) is 6.58. The molecule has 2 amide bonds. The molecule has 0 bridgehead atoms. The molecule has 1 aromatic rings. The zero-order chi connectivity index (χ0) is 14.9. The Balaban J connectivity index is 1.60. The van der Waals surface area contributed by atoms with Gasteiger partial charge in [0.05, 0.1) is 11.6 Å². The van der Waals surface area contributed by atoms with E-state index >= 15 is 0 Å². The van der Waals surface area contributed by atoms with Crippen LogP contribution >= 0.6 is 0 Å². The number of hydrogen-bond donors (Lipinski definition) is 3. The summed E-state index contributed by atoms with van der Waals surface area (Å²) in [7, 11) is 0. The van der Waals surface area contributed by atoms with E-state index in [1.807, 2.05) is 12.1 Å². The van der Waals surface area contributed by atoms with Gasteiger partial charge in [0.15, 0.2) is 0 Å². The minimum atomic E-state index is -0.672. The number of benzene rings is 1. The first kappa shape index (κ1) is 14.4. The van der Waals surface area contributed by atoms with Gasteiger partial charge in [0.2, 0.25) is 0 Å². The normalized spacial score (nSPS) is 21.2. The third-order valence-corrected chi connectivity index (χ3v) is 4.77. The second kappa shape index (κ2) is 5.68. The Kier molecular flexibility index (Phi) is 3.89. The van der Waals surface area contributed by atoms with E-state index in [1.165, 1.54) is 24.0 Å². The summed E-state index contributed by atoms with van der Waals surface area (Å²) in [5, 5.41) is 16.0. The minimum absolute atomic E-state index is 0.0854. The monoisotopic (exact) mass is 288 g/mol. The largest absolute Gasteiger partial charge is 0.388 e. The van der Waals surface area contributed by atoms with Gasteiger partial charge in [-0.1, -0.05) is 24.3 Å². The highest BCUT2D eigenvalue weighted by atomic mass is 16.3. The van der Waals surface area contributed by atoms with Crippen LogP contribution in [0.3, 0.4) is 0 Å². The molecule has 2 fully saturated rings. The molecule has 3 N–H and O–H groups in total. The zero-order valence-electron chi connectivity index (χ0n) is 12.6. The number of urea groups is 1. The number of nitrogens with one attached hydrogen (secondary N) is 2. The lowest BCUT2D eigenvalue weighted by Crippen LogP contribution is -2.50. The standard InChI is InChI=1S/C17H24N2O2/c1-12-5-2-3-6-14(12)15(13-7-8-13)19-16(20)18-11-17(21)9-4-10-17/h2-3,5-6,13,15,21H,4,7-11H2,1H3,(H2,18,19,20)/t15-/m1/s1. The zero-order valence-corrected chi connectivity index (χ0v) is 12.6. The average molecular weight is 288 g/mol. The maximum Gasteiger partial charge on any atom is 0.315 e. The molecule has 2 aliphatic carbocycles. The molecule has 4 nitrogen and oxygen atoms in total. The lowest BCUT2D eigenvalue weighted by molar-refractivity contribution is -0.0290. The maximum absolute atomic E-state index is 12.1. The summed E-state index contributed by atoms with van der Waals surface area (Å²) in [6, 6.07) is 8.14. The van der Waals surface area contributed by atoms with E-state index in [4.69, 9.17) is 0 Å². The van der Waals surface area contributed by atoms with Gasteiger partial charge in [-0.2, -0.15) is 0 Å². The van der Waals surface area contributed by atoms with Crippen LogP contribution in [-0.2, 0) is 0 Å². The lowest BCUT2D eigenvalue weighted by Gasteiger charge is -2.36. The van der Waals surface area contributed by atoms with Crippen molar-refractivity contribution in [1.29, 1.82) is 0 Å². The minimum Gasteiger partial charge on any atom is -0.388 e. The van der Waals surface area contributed by atoms with Crippen LogP contribution in [0.2, 0.25) is 0 Å². The highest BCUT2D eigenvalue weighted by molar-refractivity contribution is 5.74. The van der Waals surface area contributed by atoms with Crippen molar-refractivity contribution in [3.8, 4) is 0 Å². The first-order chi connectivity index (χ1) is 10.1. The average Bonchev–Trinajstić information content (AvgIpc) is 3.26. The van der Waals surface area contributed by atoms with Gasteiger partial charge in [0.25, 0.3) is 0 Å². The van der Waals surface area contributed by atoms with E-state index in [-0.39, 0.29) is 12.1 Å². The van der Waals surface area contributed by atoms with Crippen LogP contribution in [0.25, 0.3) is 0 Å². The summed E-state index contributed by atoms with van der Waals surface area (Å²) in [6.07, 6.45) is 4.97. The molecule has 1 atom stereocenters. The van der Waals surface area contributed by atoms with Crippen molar-refractivity contribution in [2.24, 2.45) is 5.92 Å². The Bertz CT molecular complexity index is 521. The van der Waals surface area contributed by atoms with E-state index in [1.54, 1.807) is 0 Å². The highest BCUT2D eigenvalue weighted by Crippen LogP contribution is 2.41. The van der Waals surface area contributed by atoms with Crippen LogP contribution in [0.5, 0.6) is 0 Å². The van der Waals surface area contributed by atoms with Crippen molar-refractivity contribution < 1.29 is 9.90 Å². The SMILES string of the molecule is Cc1ccccc1[C@H](NC(=O)NCC1(O)CCC1)C1CC1. The van der Waals surface area contributed by atoms with Crippen molar-refractivity contribution >= 4 is 6.03 Å². The van der Waals surface area contributed by atoms with Crippen LogP contribution < -0.4 is 10.6 Å². The summed E-state index contributed by atoms with van der Waals surface area (Å²) in [6.45, 7) is 2.44. The molecule has 3 rings (SSSR count). The van der Waals surface area contributed by atoms with Gasteiger partial charge in [-0.3, -0.25) is 0 Å². The lowest BCUT2D eigenvalue weighted by atomic mass is 9.80. The number of carbonyl (C=O) groups is 1. The van der Waals surface area contributed by atoms with Gasteiger partial charge in [0.1, 0.15) is 0 Å². The molecular formula is C17H24N2O2. The fraction of sp³-hybridized carbons (Fsp3) is 0.588. The van der Waals surface area contributed by atoms with Crippen LogP contribution in [0, 0.1) is 12.8 Å². The van der Waals surface area contributed by atoms with Crippen molar-refractivity contribution in [1.82, 2.24) is 10.6 Å². The first-order valence-corrected chi connectivity index (χ1v) is 7.90. The Hall–Kier alpha value is -1.55. The van der Waals surface area contributed by atoms with Crippen molar-refractivity contribution in [2.75, 3.05) is 6.54 Å². The summed E-state index contributed by atoms with van der Waals surface area (Å²) in [5.74, 6) is 0.545. The fourth-order valence-electron chi connectivity index (χ4n) is 3.01. The Morgan fingerprint density at radius 2 is 2.10 bits per heavy atom. The molecule has 4 heteroatoms. The molecule has 114 valence electrons. The third kappa shape index (κ3) is 3.38. The Morgan fingerprint density at radius 1 is 1.38 bits per heavy atom. The number of amides is 2.